The van der Waals surface area contributed by atoms with Crippen molar-refractivity contribution >= 4 is 17.6 Å². The minimum absolute atomic E-state index is 0.420. The third kappa shape index (κ3) is 3.10. The van der Waals surface area contributed by atoms with Crippen LogP contribution in [0, 0.1) is 6.92 Å². The Morgan fingerprint density at radius 2 is 2.20 bits per heavy atom. The molecule has 0 saturated heterocycles. The summed E-state index contributed by atoms with van der Waals surface area (Å²) in [7, 11) is 0. The molecule has 2 nitrogen and oxygen atoms in total. The molecular weight excluding hydrogens is 212 g/mol. The Morgan fingerprint density at radius 1 is 1.53 bits per heavy atom. The van der Waals surface area contributed by atoms with Gasteiger partial charge in [-0.05, 0) is 24.5 Å². The Bertz CT molecular complexity index is 372. The lowest BCUT2D eigenvalue weighted by Crippen LogP contribution is -2.11. The highest BCUT2D eigenvalue weighted by Gasteiger charge is 2.19. The van der Waals surface area contributed by atoms with Crippen molar-refractivity contribution in [1.29, 1.82) is 0 Å². The third-order valence-electron chi connectivity index (χ3n) is 2.32. The Labute approximate surface area is 94.2 Å². The average molecular weight is 225 g/mol. The fourth-order valence-electron chi connectivity index (χ4n) is 1.53. The molecule has 0 aromatic heterocycles. The highest BCUT2D eigenvalue weighted by molar-refractivity contribution is 6.25. The number of carboxylic acid groups (broad SMARTS) is 1. The van der Waals surface area contributed by atoms with Gasteiger partial charge in [0.15, 0.2) is 0 Å². The smallest absolute Gasteiger partial charge is 0.311 e. The second kappa shape index (κ2) is 5.56. The van der Waals surface area contributed by atoms with Crippen LogP contribution >= 0.6 is 11.6 Å². The number of rotatable bonds is 4. The lowest BCUT2D eigenvalue weighted by Gasteiger charge is -2.12. The maximum absolute atomic E-state index is 11.1. The Hall–Kier alpha value is -1.28. The van der Waals surface area contributed by atoms with Gasteiger partial charge < -0.3 is 5.11 Å². The lowest BCUT2D eigenvalue weighted by molar-refractivity contribution is -0.138. The first-order chi connectivity index (χ1) is 7.16. The number of carboxylic acids is 1. The summed E-state index contributed by atoms with van der Waals surface area (Å²) in [6, 6.07) is 7.50. The summed E-state index contributed by atoms with van der Waals surface area (Å²) >= 11 is 5.40. The predicted octanol–water partition coefficient (Wildman–Crippen LogP) is 3.31. The van der Waals surface area contributed by atoms with Crippen LogP contribution < -0.4 is 0 Å². The van der Waals surface area contributed by atoms with Crippen molar-refractivity contribution < 1.29 is 9.90 Å². The lowest BCUT2D eigenvalue weighted by atomic mass is 9.92. The molecule has 0 fully saturated rings. The van der Waals surface area contributed by atoms with Crippen LogP contribution in [-0.2, 0) is 4.79 Å². The van der Waals surface area contributed by atoms with E-state index >= 15 is 0 Å². The van der Waals surface area contributed by atoms with Crippen LogP contribution in [0.1, 0.15) is 23.5 Å². The summed E-state index contributed by atoms with van der Waals surface area (Å²) in [5, 5.41) is 9.10. The first kappa shape index (κ1) is 11.8. The number of aliphatic carboxylic acids is 1. The van der Waals surface area contributed by atoms with Crippen molar-refractivity contribution in [2.24, 2.45) is 0 Å². The second-order valence-corrected chi connectivity index (χ2v) is 3.60. The molecule has 1 rings (SSSR count). The van der Waals surface area contributed by atoms with Gasteiger partial charge in [0.05, 0.1) is 5.92 Å². The summed E-state index contributed by atoms with van der Waals surface area (Å²) in [5.41, 5.74) is 3.20. The van der Waals surface area contributed by atoms with Gasteiger partial charge in [-0.1, -0.05) is 41.9 Å². The summed E-state index contributed by atoms with van der Waals surface area (Å²) in [6.07, 6.45) is 2.08. The molecule has 0 aliphatic carbocycles. The van der Waals surface area contributed by atoms with E-state index in [-0.39, 0.29) is 0 Å². The molecule has 0 heterocycles. The van der Waals surface area contributed by atoms with Gasteiger partial charge in [-0.15, -0.1) is 0 Å². The first-order valence-corrected chi connectivity index (χ1v) is 5.14. The van der Waals surface area contributed by atoms with E-state index in [1.807, 2.05) is 31.2 Å². The van der Waals surface area contributed by atoms with E-state index in [0.717, 1.165) is 11.1 Å². The summed E-state index contributed by atoms with van der Waals surface area (Å²) < 4.78 is 0. The monoisotopic (exact) mass is 224 g/mol. The zero-order valence-electron chi connectivity index (χ0n) is 8.48. The van der Waals surface area contributed by atoms with Crippen molar-refractivity contribution in [2.45, 2.75) is 19.3 Å². The van der Waals surface area contributed by atoms with Crippen molar-refractivity contribution in [2.75, 3.05) is 0 Å². The third-order valence-corrected chi connectivity index (χ3v) is 2.50. The molecule has 80 valence electrons. The molecule has 15 heavy (non-hydrogen) atoms. The van der Waals surface area contributed by atoms with E-state index in [1.54, 1.807) is 6.08 Å². The van der Waals surface area contributed by atoms with Gasteiger partial charge in [-0.25, -0.2) is 0 Å². The molecule has 3 heteroatoms. The second-order valence-electron chi connectivity index (χ2n) is 3.34. The zero-order chi connectivity index (χ0) is 11.3. The topological polar surface area (TPSA) is 37.3 Å². The highest BCUT2D eigenvalue weighted by Crippen LogP contribution is 2.23. The van der Waals surface area contributed by atoms with Crippen LogP contribution in [0.4, 0.5) is 0 Å². The molecule has 0 bridgehead atoms. The molecule has 0 aliphatic rings. The van der Waals surface area contributed by atoms with E-state index < -0.39 is 11.9 Å². The average Bonchev–Trinajstić information content (AvgIpc) is 2.20. The number of carbonyl (C=O) groups is 1. The van der Waals surface area contributed by atoms with Crippen molar-refractivity contribution in [3.05, 3.63) is 47.0 Å². The number of aryl methyl sites for hydroxylation is 1. The predicted molar refractivity (Wildman–Crippen MR) is 61.2 cm³/mol. The number of allylic oxidation sites excluding steroid dienone is 1. The van der Waals surface area contributed by atoms with E-state index in [1.165, 1.54) is 5.54 Å². The maximum atomic E-state index is 11.1. The number of benzene rings is 1. The molecule has 0 aliphatic heterocycles. The minimum atomic E-state index is -0.820. The summed E-state index contributed by atoms with van der Waals surface area (Å²) in [5.74, 6) is -1.33. The minimum Gasteiger partial charge on any atom is -0.481 e. The first-order valence-electron chi connectivity index (χ1n) is 4.70. The van der Waals surface area contributed by atoms with Gasteiger partial charge >= 0.3 is 5.97 Å². The Balaban J connectivity index is 2.99. The molecule has 1 unspecified atom stereocenters. The van der Waals surface area contributed by atoms with Crippen LogP contribution in [0.15, 0.2) is 35.9 Å². The fraction of sp³-hybridized carbons (Fsp3) is 0.250. The van der Waals surface area contributed by atoms with Crippen molar-refractivity contribution in [3.8, 4) is 0 Å². The molecule has 0 saturated carbocycles. The van der Waals surface area contributed by atoms with Gasteiger partial charge in [-0.2, -0.15) is 0 Å². The van der Waals surface area contributed by atoms with Crippen molar-refractivity contribution in [1.82, 2.24) is 0 Å². The normalized spacial score (nSPS) is 12.9. The number of hydrogen-bond acceptors (Lipinski definition) is 1. The van der Waals surface area contributed by atoms with Gasteiger partial charge in [0.2, 0.25) is 0 Å². The fourth-order valence-corrected chi connectivity index (χ4v) is 1.63. The molecule has 1 aromatic rings. The van der Waals surface area contributed by atoms with Gasteiger partial charge in [0.25, 0.3) is 0 Å². The SMILES string of the molecule is Cc1ccccc1C(C/C=C/Cl)C(=O)O. The van der Waals surface area contributed by atoms with E-state index in [9.17, 15) is 4.79 Å². The number of hydrogen-bond donors (Lipinski definition) is 1. The maximum Gasteiger partial charge on any atom is 0.311 e. The van der Waals surface area contributed by atoms with Gasteiger partial charge in [0.1, 0.15) is 0 Å². The molecule has 0 spiro atoms. The molecule has 1 N–H and O–H groups in total. The summed E-state index contributed by atoms with van der Waals surface area (Å²) in [4.78, 5) is 11.1. The zero-order valence-corrected chi connectivity index (χ0v) is 9.24. The number of halogens is 1. The Morgan fingerprint density at radius 3 is 2.73 bits per heavy atom. The van der Waals surface area contributed by atoms with E-state index in [0.29, 0.717) is 6.42 Å². The summed E-state index contributed by atoms with van der Waals surface area (Å²) in [6.45, 7) is 1.91. The highest BCUT2D eigenvalue weighted by atomic mass is 35.5. The molecule has 0 radical (unpaired) electrons. The largest absolute Gasteiger partial charge is 0.481 e. The molecule has 1 aromatic carbocycles. The van der Waals surface area contributed by atoms with Crippen LogP contribution in [0.3, 0.4) is 0 Å². The quantitative estimate of drug-likeness (QED) is 0.852. The molecule has 0 amide bonds. The standard InChI is InChI=1S/C12H13ClO2/c1-9-5-2-3-6-10(9)11(12(14)15)7-4-8-13/h2-6,8,11H,7H2,1H3,(H,14,15)/b8-4+. The van der Waals surface area contributed by atoms with Crippen LogP contribution in [0.2, 0.25) is 0 Å². The van der Waals surface area contributed by atoms with Gasteiger partial charge in [-0.3, -0.25) is 4.79 Å². The van der Waals surface area contributed by atoms with E-state index in [2.05, 4.69) is 0 Å². The van der Waals surface area contributed by atoms with Gasteiger partial charge in [0, 0.05) is 5.54 Å². The molecule has 1 atom stereocenters. The van der Waals surface area contributed by atoms with Crippen LogP contribution in [0.5, 0.6) is 0 Å². The Kier molecular flexibility index (Phi) is 4.37. The van der Waals surface area contributed by atoms with Crippen LogP contribution in [-0.4, -0.2) is 11.1 Å². The van der Waals surface area contributed by atoms with Crippen molar-refractivity contribution in [3.63, 3.8) is 0 Å². The van der Waals surface area contributed by atoms with Crippen LogP contribution in [0.25, 0.3) is 0 Å². The van der Waals surface area contributed by atoms with E-state index in [4.69, 9.17) is 16.7 Å². The molecular formula is C12H13ClO2.